The van der Waals surface area contributed by atoms with Crippen molar-refractivity contribution < 1.29 is 13.6 Å². The van der Waals surface area contributed by atoms with Crippen molar-refractivity contribution in [2.75, 3.05) is 13.1 Å². The Morgan fingerprint density at radius 1 is 1.44 bits per heavy atom. The van der Waals surface area contributed by atoms with Crippen LogP contribution in [0.1, 0.15) is 18.9 Å². The molecule has 100 valence electrons. The zero-order chi connectivity index (χ0) is 13.5. The van der Waals surface area contributed by atoms with Gasteiger partial charge in [0.15, 0.2) is 0 Å². The number of carbonyl (C=O) groups is 1. The van der Waals surface area contributed by atoms with Crippen LogP contribution in [0.15, 0.2) is 18.2 Å². The summed E-state index contributed by atoms with van der Waals surface area (Å²) in [5.74, 6) is -1.15. The SMILES string of the molecule is CC(CN)CC(=O)NCCc1ccc(F)cc1F. The average Bonchev–Trinajstić information content (AvgIpc) is 2.31. The number of nitrogens with one attached hydrogen (secondary N) is 1. The molecule has 0 saturated carbocycles. The van der Waals surface area contributed by atoms with Crippen LogP contribution in [-0.2, 0) is 11.2 Å². The Kier molecular flexibility index (Phi) is 5.71. The van der Waals surface area contributed by atoms with Crippen molar-refractivity contribution >= 4 is 5.91 Å². The summed E-state index contributed by atoms with van der Waals surface area (Å²) in [6.07, 6.45) is 0.706. The Labute approximate surface area is 105 Å². The Balaban J connectivity index is 2.35. The second-order valence-corrected chi connectivity index (χ2v) is 4.38. The van der Waals surface area contributed by atoms with E-state index in [1.807, 2.05) is 6.92 Å². The molecule has 3 N–H and O–H groups in total. The Bertz CT molecular complexity index is 410. The highest BCUT2D eigenvalue weighted by Gasteiger charge is 2.08. The molecule has 0 aromatic heterocycles. The average molecular weight is 256 g/mol. The lowest BCUT2D eigenvalue weighted by atomic mass is 10.1. The number of carbonyl (C=O) groups excluding carboxylic acids is 1. The molecule has 0 fully saturated rings. The van der Waals surface area contributed by atoms with Crippen LogP contribution in [-0.4, -0.2) is 19.0 Å². The molecule has 0 bridgehead atoms. The molecular weight excluding hydrogens is 238 g/mol. The van der Waals surface area contributed by atoms with Gasteiger partial charge in [0.25, 0.3) is 0 Å². The fourth-order valence-corrected chi connectivity index (χ4v) is 1.53. The van der Waals surface area contributed by atoms with E-state index in [4.69, 9.17) is 5.73 Å². The predicted molar refractivity (Wildman–Crippen MR) is 65.9 cm³/mol. The minimum Gasteiger partial charge on any atom is -0.356 e. The summed E-state index contributed by atoms with van der Waals surface area (Å²) in [6, 6.07) is 3.43. The van der Waals surface area contributed by atoms with Gasteiger partial charge in [0, 0.05) is 19.0 Å². The van der Waals surface area contributed by atoms with Gasteiger partial charge in [-0.15, -0.1) is 0 Å². The van der Waals surface area contributed by atoms with E-state index in [0.29, 0.717) is 31.5 Å². The van der Waals surface area contributed by atoms with Gasteiger partial charge in [-0.2, -0.15) is 0 Å². The lowest BCUT2D eigenvalue weighted by molar-refractivity contribution is -0.121. The maximum Gasteiger partial charge on any atom is 0.220 e. The normalized spacial score (nSPS) is 12.2. The highest BCUT2D eigenvalue weighted by Crippen LogP contribution is 2.09. The smallest absolute Gasteiger partial charge is 0.220 e. The Hall–Kier alpha value is -1.49. The van der Waals surface area contributed by atoms with Gasteiger partial charge in [-0.1, -0.05) is 13.0 Å². The van der Waals surface area contributed by atoms with Crippen molar-refractivity contribution in [3.05, 3.63) is 35.4 Å². The molecule has 0 aliphatic heterocycles. The molecular formula is C13H18F2N2O. The molecule has 1 amide bonds. The van der Waals surface area contributed by atoms with Crippen LogP contribution in [0.2, 0.25) is 0 Å². The second kappa shape index (κ2) is 7.06. The van der Waals surface area contributed by atoms with Crippen molar-refractivity contribution in [3.63, 3.8) is 0 Å². The van der Waals surface area contributed by atoms with Crippen molar-refractivity contribution in [1.29, 1.82) is 0 Å². The summed E-state index contributed by atoms with van der Waals surface area (Å²) in [5.41, 5.74) is 5.80. The molecule has 0 radical (unpaired) electrons. The fraction of sp³-hybridized carbons (Fsp3) is 0.462. The fourth-order valence-electron chi connectivity index (χ4n) is 1.53. The van der Waals surface area contributed by atoms with E-state index >= 15 is 0 Å². The summed E-state index contributed by atoms with van der Waals surface area (Å²) >= 11 is 0. The number of benzene rings is 1. The lowest BCUT2D eigenvalue weighted by Gasteiger charge is -2.09. The molecule has 1 rings (SSSR count). The van der Waals surface area contributed by atoms with Crippen LogP contribution in [0.25, 0.3) is 0 Å². The van der Waals surface area contributed by atoms with Gasteiger partial charge in [-0.3, -0.25) is 4.79 Å². The molecule has 1 unspecified atom stereocenters. The zero-order valence-corrected chi connectivity index (χ0v) is 10.4. The number of hydrogen-bond donors (Lipinski definition) is 2. The minimum atomic E-state index is -0.600. The number of hydrogen-bond acceptors (Lipinski definition) is 2. The summed E-state index contributed by atoms with van der Waals surface area (Å²) in [7, 11) is 0. The van der Waals surface area contributed by atoms with Gasteiger partial charge in [-0.25, -0.2) is 8.78 Å². The number of rotatable bonds is 6. The van der Waals surface area contributed by atoms with Crippen LogP contribution >= 0.6 is 0 Å². The van der Waals surface area contributed by atoms with Gasteiger partial charge in [0.2, 0.25) is 5.91 Å². The van der Waals surface area contributed by atoms with E-state index in [1.54, 1.807) is 0 Å². The Morgan fingerprint density at radius 3 is 2.78 bits per heavy atom. The van der Waals surface area contributed by atoms with E-state index in [2.05, 4.69) is 5.32 Å². The first kappa shape index (κ1) is 14.6. The van der Waals surface area contributed by atoms with Crippen LogP contribution in [0.3, 0.4) is 0 Å². The molecule has 0 spiro atoms. The van der Waals surface area contributed by atoms with Crippen molar-refractivity contribution in [2.24, 2.45) is 11.7 Å². The van der Waals surface area contributed by atoms with E-state index in [0.717, 1.165) is 6.07 Å². The molecule has 0 saturated heterocycles. The van der Waals surface area contributed by atoms with Gasteiger partial charge in [-0.05, 0) is 30.5 Å². The first-order valence-electron chi connectivity index (χ1n) is 5.93. The molecule has 1 aromatic rings. The molecule has 5 heteroatoms. The monoisotopic (exact) mass is 256 g/mol. The third-order valence-corrected chi connectivity index (χ3v) is 2.67. The molecule has 0 heterocycles. The maximum atomic E-state index is 13.3. The largest absolute Gasteiger partial charge is 0.356 e. The predicted octanol–water partition coefficient (Wildman–Crippen LogP) is 1.61. The van der Waals surface area contributed by atoms with E-state index in [1.165, 1.54) is 12.1 Å². The highest BCUT2D eigenvalue weighted by atomic mass is 19.1. The second-order valence-electron chi connectivity index (χ2n) is 4.38. The van der Waals surface area contributed by atoms with Gasteiger partial charge in [0.05, 0.1) is 0 Å². The topological polar surface area (TPSA) is 55.1 Å². The number of amides is 1. The lowest BCUT2D eigenvalue weighted by Crippen LogP contribution is -2.28. The standard InChI is InChI=1S/C13H18F2N2O/c1-9(8-16)6-13(18)17-5-4-10-2-3-11(14)7-12(10)15/h2-3,7,9H,4-6,8,16H2,1H3,(H,17,18). The van der Waals surface area contributed by atoms with Crippen molar-refractivity contribution in [3.8, 4) is 0 Å². The summed E-state index contributed by atoms with van der Waals surface area (Å²) < 4.78 is 25.9. The third-order valence-electron chi connectivity index (χ3n) is 2.67. The zero-order valence-electron chi connectivity index (χ0n) is 10.4. The summed E-state index contributed by atoms with van der Waals surface area (Å²) in [6.45, 7) is 2.68. The molecule has 1 atom stereocenters. The summed E-state index contributed by atoms with van der Waals surface area (Å²) in [4.78, 5) is 11.4. The highest BCUT2D eigenvalue weighted by molar-refractivity contribution is 5.76. The Morgan fingerprint density at radius 2 is 2.17 bits per heavy atom. The first-order chi connectivity index (χ1) is 8.52. The minimum absolute atomic E-state index is 0.101. The number of nitrogens with two attached hydrogens (primary N) is 1. The molecule has 0 aliphatic rings. The van der Waals surface area contributed by atoms with Gasteiger partial charge < -0.3 is 11.1 Å². The van der Waals surface area contributed by atoms with Crippen LogP contribution in [0.5, 0.6) is 0 Å². The molecule has 3 nitrogen and oxygen atoms in total. The third kappa shape index (κ3) is 4.79. The molecule has 18 heavy (non-hydrogen) atoms. The van der Waals surface area contributed by atoms with Gasteiger partial charge >= 0.3 is 0 Å². The molecule has 0 aliphatic carbocycles. The van der Waals surface area contributed by atoms with E-state index < -0.39 is 11.6 Å². The van der Waals surface area contributed by atoms with Gasteiger partial charge in [0.1, 0.15) is 11.6 Å². The van der Waals surface area contributed by atoms with Crippen LogP contribution < -0.4 is 11.1 Å². The van der Waals surface area contributed by atoms with Crippen LogP contribution in [0.4, 0.5) is 8.78 Å². The van der Waals surface area contributed by atoms with E-state index in [9.17, 15) is 13.6 Å². The van der Waals surface area contributed by atoms with E-state index in [-0.39, 0.29) is 11.8 Å². The molecule has 1 aromatic carbocycles. The van der Waals surface area contributed by atoms with Crippen LogP contribution in [0, 0.1) is 17.6 Å². The van der Waals surface area contributed by atoms with Crippen molar-refractivity contribution in [1.82, 2.24) is 5.32 Å². The first-order valence-corrected chi connectivity index (χ1v) is 5.93. The van der Waals surface area contributed by atoms with Crippen molar-refractivity contribution in [2.45, 2.75) is 19.8 Å². The number of halogens is 2. The summed E-state index contributed by atoms with van der Waals surface area (Å²) in [5, 5.41) is 2.68. The maximum absolute atomic E-state index is 13.3. The quantitative estimate of drug-likeness (QED) is 0.812.